The lowest BCUT2D eigenvalue weighted by molar-refractivity contribution is -0.887. The summed E-state index contributed by atoms with van der Waals surface area (Å²) in [6.45, 7) is 5.23. The topological polar surface area (TPSA) is 368 Å². The van der Waals surface area contributed by atoms with Crippen LogP contribution in [0.3, 0.4) is 0 Å². The number of likely N-dealkylation sites (N-methyl/N-ethyl adjacent to an activating group) is 2. The predicted octanol–water partition coefficient (Wildman–Crippen LogP) is -3.66. The number of benzene rings is 1. The van der Waals surface area contributed by atoms with Crippen LogP contribution in [0.1, 0.15) is 91.0 Å². The van der Waals surface area contributed by atoms with Crippen molar-refractivity contribution in [1.82, 2.24) is 47.1 Å². The van der Waals surface area contributed by atoms with Gasteiger partial charge in [-0.05, 0) is 55.2 Å². The second kappa shape index (κ2) is 25.1. The van der Waals surface area contributed by atoms with Crippen LogP contribution in [0.15, 0.2) is 24.3 Å². The molecule has 4 rings (SSSR count). The minimum atomic E-state index is -1.72. The monoisotopic (exact) mass is 998 g/mol. The number of hydrogen-bond acceptors (Lipinski definition) is 13. The van der Waals surface area contributed by atoms with Gasteiger partial charge in [0, 0.05) is 38.8 Å². The number of nitrogens with two attached hydrogens (primary N) is 2. The van der Waals surface area contributed by atoms with Crippen LogP contribution < -0.4 is 48.8 Å². The zero-order valence-electron chi connectivity index (χ0n) is 41.0. The summed E-state index contributed by atoms with van der Waals surface area (Å²) in [5.74, 6) is -10.7. The Labute approximate surface area is 411 Å². The highest BCUT2D eigenvalue weighted by molar-refractivity contribution is 5.99. The highest BCUT2D eigenvalue weighted by Gasteiger charge is 2.56. The van der Waals surface area contributed by atoms with E-state index < -0.39 is 169 Å². The summed E-state index contributed by atoms with van der Waals surface area (Å²) < 4.78 is -1.25. The third-order valence-corrected chi connectivity index (χ3v) is 12.7. The van der Waals surface area contributed by atoms with Crippen molar-refractivity contribution in [3.05, 3.63) is 29.8 Å². The van der Waals surface area contributed by atoms with Gasteiger partial charge in [-0.25, -0.2) is 4.79 Å². The van der Waals surface area contributed by atoms with E-state index in [1.54, 1.807) is 27.7 Å². The van der Waals surface area contributed by atoms with Crippen molar-refractivity contribution < 1.29 is 67.2 Å². The number of carbonyl (C=O) groups is 12. The number of hydrogen-bond donors (Lipinski definition) is 10. The van der Waals surface area contributed by atoms with Gasteiger partial charge in [0.25, 0.3) is 11.8 Å². The number of nitrogens with one attached hydrogen (secondary N) is 7. The fourth-order valence-electron chi connectivity index (χ4n) is 8.52. The normalized spacial score (nSPS) is 24.7. The molecule has 1 aromatic rings. The summed E-state index contributed by atoms with van der Waals surface area (Å²) in [5.41, 5.74) is 13.7. The molecule has 3 aliphatic rings. The van der Waals surface area contributed by atoms with Crippen molar-refractivity contribution in [1.29, 1.82) is 0 Å². The first-order chi connectivity index (χ1) is 33.3. The molecule has 2 heterocycles. The molecular formula is C46H69N12O13+. The van der Waals surface area contributed by atoms with Crippen molar-refractivity contribution in [2.24, 2.45) is 23.3 Å². The number of fused-ring (bicyclic) bond motifs is 2. The van der Waals surface area contributed by atoms with E-state index in [0.29, 0.717) is 24.8 Å². The Morgan fingerprint density at radius 2 is 1.52 bits per heavy atom. The molecule has 12 amide bonds. The van der Waals surface area contributed by atoms with E-state index in [0.717, 1.165) is 9.80 Å². The van der Waals surface area contributed by atoms with E-state index in [1.807, 2.05) is 0 Å². The lowest BCUT2D eigenvalue weighted by Gasteiger charge is -2.43. The molecule has 12 N–H and O–H groups in total. The quantitative estimate of drug-likeness (QED) is 0.0674. The van der Waals surface area contributed by atoms with E-state index in [4.69, 9.17) is 11.5 Å². The molecule has 2 bridgehead atoms. The smallest absolute Gasteiger partial charge is 0.361 e. The van der Waals surface area contributed by atoms with Gasteiger partial charge >= 0.3 is 5.91 Å². The Morgan fingerprint density at radius 1 is 0.873 bits per heavy atom. The summed E-state index contributed by atoms with van der Waals surface area (Å²) in [4.78, 5) is 166. The third kappa shape index (κ3) is 15.9. The Morgan fingerprint density at radius 3 is 2.11 bits per heavy atom. The molecule has 1 saturated carbocycles. The SMILES string of the molecule is CCC(C)C1C(=O)N[C@@H](CCC(N)=O)C(=O)N[C@H]2CC(=O)N[N+](C)(C2=O)[C@H](C(=O)N(CC(=O)N[C@@H](CC(C)C)C(=O)NCC(N)=O)C2CC2)CNC(=O)CCC(=O)N[C@@H](Cc2ccc(O)cc2)C(=O)N1C. The van der Waals surface area contributed by atoms with Crippen molar-refractivity contribution in [2.45, 2.75) is 134 Å². The van der Waals surface area contributed by atoms with E-state index in [2.05, 4.69) is 37.3 Å². The molecule has 0 spiro atoms. The van der Waals surface area contributed by atoms with E-state index in [9.17, 15) is 62.6 Å². The zero-order valence-corrected chi connectivity index (χ0v) is 41.0. The Bertz CT molecular complexity index is 2220. The molecule has 2 saturated heterocycles. The van der Waals surface area contributed by atoms with Gasteiger partial charge in [-0.2, -0.15) is 5.43 Å². The van der Waals surface area contributed by atoms with E-state index in [1.165, 1.54) is 38.4 Å². The summed E-state index contributed by atoms with van der Waals surface area (Å²) >= 11 is 0. The second-order valence-electron chi connectivity index (χ2n) is 19.0. The minimum absolute atomic E-state index is 0.0550. The highest BCUT2D eigenvalue weighted by Crippen LogP contribution is 2.30. The molecule has 25 heteroatoms. The van der Waals surface area contributed by atoms with Gasteiger partial charge in [0.15, 0.2) is 6.04 Å². The molecule has 8 atom stereocenters. The average molecular weight is 998 g/mol. The largest absolute Gasteiger partial charge is 0.508 e. The number of phenols is 1. The number of carbonyl (C=O) groups excluding carboxylic acids is 12. The van der Waals surface area contributed by atoms with Crippen molar-refractivity contribution >= 4 is 70.9 Å². The molecule has 3 unspecified atom stereocenters. The summed E-state index contributed by atoms with van der Waals surface area (Å²) in [5, 5.41) is 25.2. The van der Waals surface area contributed by atoms with Crippen LogP contribution in [-0.4, -0.2) is 166 Å². The maximum Gasteiger partial charge on any atom is 0.361 e. The standard InChI is InChI=1S/C46H68N12O13/c1-7-25(4)40-43(68)53-29(14-15-34(47)60)42(67)54-32-20-38(64)55-58(6,46(32)71)33(45(70)57(27-10-11-27)23-39(65)51-30(18-24(2)3)41(66)50-22-35(48)61)21-49-36(62)16-17-37(63)52-31(44(69)56(40)5)19-26-8-12-28(59)13-9-26/h8-9,12-13,24-25,27,29-33,40H,7,10-11,14-23H2,1-6H3,(H11-,47,48,49,50,51,52,53,54,55,59,60,61,62,63,64,65,66,67,68)/p+1/t25?,29-,30-,31-,32-,33-,40?,58?/m0/s1. The van der Waals surface area contributed by atoms with Crippen molar-refractivity contribution in [2.75, 3.05) is 33.7 Å². The number of rotatable bonds is 17. The minimum Gasteiger partial charge on any atom is -0.508 e. The van der Waals surface area contributed by atoms with Crippen LogP contribution in [-0.2, 0) is 64.0 Å². The second-order valence-corrected chi connectivity index (χ2v) is 19.0. The number of quaternary nitrogens is 1. The average Bonchev–Trinajstić information content (AvgIpc) is 4.14. The lowest BCUT2D eigenvalue weighted by atomic mass is 9.94. The first-order valence-corrected chi connectivity index (χ1v) is 23.7. The maximum atomic E-state index is 14.9. The first kappa shape index (κ1) is 56.4. The maximum absolute atomic E-state index is 14.9. The third-order valence-electron chi connectivity index (χ3n) is 12.7. The molecule has 25 nitrogen and oxygen atoms in total. The van der Waals surface area contributed by atoms with Crippen molar-refractivity contribution in [3.8, 4) is 5.75 Å². The fraction of sp³-hybridized carbons (Fsp3) is 0.609. The number of nitrogens with zero attached hydrogens (tertiary/aromatic N) is 3. The summed E-state index contributed by atoms with van der Waals surface area (Å²) in [6, 6.07) is -3.41. The van der Waals surface area contributed by atoms with Gasteiger partial charge in [-0.3, -0.25) is 52.7 Å². The predicted molar refractivity (Wildman–Crippen MR) is 250 cm³/mol. The number of primary amides is 2. The highest BCUT2D eigenvalue weighted by atomic mass is 16.3. The molecule has 3 fully saturated rings. The van der Waals surface area contributed by atoms with E-state index >= 15 is 0 Å². The molecule has 2 aliphatic heterocycles. The van der Waals surface area contributed by atoms with Crippen LogP contribution in [0.5, 0.6) is 5.75 Å². The molecule has 1 aromatic carbocycles. The van der Waals surface area contributed by atoms with Gasteiger partial charge in [0.05, 0.1) is 26.6 Å². The van der Waals surface area contributed by atoms with Crippen LogP contribution in [0.2, 0.25) is 0 Å². The Balaban J connectivity index is 1.77. The van der Waals surface area contributed by atoms with Crippen LogP contribution in [0, 0.1) is 11.8 Å². The van der Waals surface area contributed by atoms with Gasteiger partial charge in [-0.15, -0.1) is 4.59 Å². The number of amides is 12. The van der Waals surface area contributed by atoms with Gasteiger partial charge < -0.3 is 58.3 Å². The number of aromatic hydroxyl groups is 1. The van der Waals surface area contributed by atoms with Crippen LogP contribution in [0.25, 0.3) is 0 Å². The first-order valence-electron chi connectivity index (χ1n) is 23.7. The Kier molecular flexibility index (Phi) is 19.9. The van der Waals surface area contributed by atoms with Gasteiger partial charge in [-0.1, -0.05) is 46.2 Å². The number of phenolic OH excluding ortho intramolecular Hbond substituents is 1. The van der Waals surface area contributed by atoms with Gasteiger partial charge in [0.2, 0.25) is 59.2 Å². The van der Waals surface area contributed by atoms with Crippen LogP contribution >= 0.6 is 0 Å². The summed E-state index contributed by atoms with van der Waals surface area (Å²) in [6.07, 6.45) is -1.22. The molecule has 0 aromatic heterocycles. The fourth-order valence-corrected chi connectivity index (χ4v) is 8.52. The molecule has 390 valence electrons. The molecule has 71 heavy (non-hydrogen) atoms. The Hall–Kier alpha value is -7.18. The lowest BCUT2D eigenvalue weighted by Crippen LogP contribution is -2.78. The van der Waals surface area contributed by atoms with Crippen molar-refractivity contribution in [3.63, 3.8) is 0 Å². The molecular weight excluding hydrogens is 929 g/mol. The van der Waals surface area contributed by atoms with E-state index in [-0.39, 0.29) is 30.9 Å². The summed E-state index contributed by atoms with van der Waals surface area (Å²) in [7, 11) is 2.51. The molecule has 1 aliphatic carbocycles. The molecule has 0 radical (unpaired) electrons. The van der Waals surface area contributed by atoms with Crippen LogP contribution in [0.4, 0.5) is 0 Å². The zero-order chi connectivity index (χ0) is 52.9. The van der Waals surface area contributed by atoms with Gasteiger partial charge in [0.1, 0.15) is 36.5 Å².